The fourth-order valence-electron chi connectivity index (χ4n) is 2.03. The zero-order chi connectivity index (χ0) is 19.9. The number of carbonyl (C=O) groups excluding carboxylic acids is 2. The molecular weight excluding hydrogens is 361 g/mol. The van der Waals surface area contributed by atoms with E-state index in [1.54, 1.807) is 0 Å². The Morgan fingerprint density at radius 1 is 1.00 bits per heavy atom. The Balaban J connectivity index is 1.92. The van der Waals surface area contributed by atoms with Crippen LogP contribution in [0.5, 0.6) is 11.5 Å². The van der Waals surface area contributed by atoms with E-state index < -0.39 is 11.7 Å². The molecule has 2 amide bonds. The van der Waals surface area contributed by atoms with Crippen molar-refractivity contribution in [3.05, 3.63) is 71.8 Å². The highest BCUT2D eigenvalue weighted by atomic mass is 19.4. The normalized spacial score (nSPS) is 11.3. The molecule has 0 aliphatic rings. The van der Waals surface area contributed by atoms with E-state index in [-0.39, 0.29) is 24.1 Å². The summed E-state index contributed by atoms with van der Waals surface area (Å²) in [5, 5.41) is 5.03. The molecule has 0 heterocycles. The summed E-state index contributed by atoms with van der Waals surface area (Å²) in [5.74, 6) is 0.0250. The molecule has 2 aromatic carbocycles. The average molecular weight is 378 g/mol. The lowest BCUT2D eigenvalue weighted by atomic mass is 10.2. The molecule has 0 radical (unpaired) electrons. The van der Waals surface area contributed by atoms with Gasteiger partial charge in [-0.2, -0.15) is 13.2 Å². The van der Waals surface area contributed by atoms with Crippen LogP contribution in [-0.4, -0.2) is 25.4 Å². The summed E-state index contributed by atoms with van der Waals surface area (Å²) >= 11 is 0. The first-order chi connectivity index (χ1) is 12.8. The van der Waals surface area contributed by atoms with Gasteiger partial charge in [0.2, 0.25) is 5.91 Å². The van der Waals surface area contributed by atoms with E-state index in [9.17, 15) is 22.8 Å². The number of carbonyl (C=O) groups is 2. The van der Waals surface area contributed by atoms with E-state index in [1.807, 2.05) is 0 Å². The predicted molar refractivity (Wildman–Crippen MR) is 93.5 cm³/mol. The third-order valence-electron chi connectivity index (χ3n) is 3.43. The molecule has 0 aliphatic heterocycles. The van der Waals surface area contributed by atoms with Crippen molar-refractivity contribution in [2.75, 3.05) is 13.6 Å². The number of benzene rings is 2. The molecule has 0 atom stereocenters. The zero-order valence-corrected chi connectivity index (χ0v) is 14.3. The molecule has 0 saturated carbocycles. The fourth-order valence-corrected chi connectivity index (χ4v) is 2.03. The Kier molecular flexibility index (Phi) is 6.59. The van der Waals surface area contributed by atoms with Gasteiger partial charge in [-0.1, -0.05) is 6.08 Å². The van der Waals surface area contributed by atoms with E-state index in [0.29, 0.717) is 11.3 Å². The molecule has 0 aromatic heterocycles. The van der Waals surface area contributed by atoms with Gasteiger partial charge in [0, 0.05) is 25.2 Å². The third-order valence-corrected chi connectivity index (χ3v) is 3.43. The SMILES string of the molecule is CNC(=O)C=CCNC(=O)c1ccc(Oc2ccc(C(F)(F)F)cc2)cc1. The Bertz CT molecular complexity index is 814. The minimum atomic E-state index is -4.40. The fraction of sp³-hybridized carbons (Fsp3) is 0.158. The first kappa shape index (κ1) is 20.0. The summed E-state index contributed by atoms with van der Waals surface area (Å²) in [6.07, 6.45) is -1.58. The van der Waals surface area contributed by atoms with Gasteiger partial charge < -0.3 is 15.4 Å². The third kappa shape index (κ3) is 6.18. The molecule has 5 nitrogen and oxygen atoms in total. The number of rotatable bonds is 6. The van der Waals surface area contributed by atoms with Crippen LogP contribution in [0.3, 0.4) is 0 Å². The number of ether oxygens (including phenoxy) is 1. The summed E-state index contributed by atoms with van der Waals surface area (Å²) in [6, 6.07) is 10.4. The topological polar surface area (TPSA) is 67.4 Å². The van der Waals surface area contributed by atoms with Gasteiger partial charge in [-0.25, -0.2) is 0 Å². The van der Waals surface area contributed by atoms with Crippen LogP contribution in [0.1, 0.15) is 15.9 Å². The van der Waals surface area contributed by atoms with Crippen molar-refractivity contribution in [2.45, 2.75) is 6.18 Å². The van der Waals surface area contributed by atoms with Crippen LogP contribution < -0.4 is 15.4 Å². The lowest BCUT2D eigenvalue weighted by Crippen LogP contribution is -2.23. The van der Waals surface area contributed by atoms with Crippen LogP contribution >= 0.6 is 0 Å². The second-order valence-electron chi connectivity index (χ2n) is 5.38. The van der Waals surface area contributed by atoms with Gasteiger partial charge in [-0.15, -0.1) is 0 Å². The lowest BCUT2D eigenvalue weighted by Gasteiger charge is -2.09. The molecule has 2 N–H and O–H groups in total. The minimum Gasteiger partial charge on any atom is -0.457 e. The highest BCUT2D eigenvalue weighted by Gasteiger charge is 2.30. The maximum atomic E-state index is 12.5. The van der Waals surface area contributed by atoms with Crippen molar-refractivity contribution >= 4 is 11.8 Å². The summed E-state index contributed by atoms with van der Waals surface area (Å²) in [5.41, 5.74) is -0.379. The molecule has 142 valence electrons. The van der Waals surface area contributed by atoms with Crippen LogP contribution in [-0.2, 0) is 11.0 Å². The highest BCUT2D eigenvalue weighted by molar-refractivity contribution is 5.94. The van der Waals surface area contributed by atoms with Crippen molar-refractivity contribution < 1.29 is 27.5 Å². The zero-order valence-electron chi connectivity index (χ0n) is 14.3. The van der Waals surface area contributed by atoms with Gasteiger partial charge >= 0.3 is 6.18 Å². The molecule has 27 heavy (non-hydrogen) atoms. The van der Waals surface area contributed by atoms with Gasteiger partial charge in [-0.05, 0) is 48.5 Å². The largest absolute Gasteiger partial charge is 0.457 e. The van der Waals surface area contributed by atoms with Crippen LogP contribution in [0.2, 0.25) is 0 Å². The number of amides is 2. The molecule has 0 spiro atoms. The molecule has 2 aromatic rings. The van der Waals surface area contributed by atoms with E-state index >= 15 is 0 Å². The molecule has 8 heteroatoms. The van der Waals surface area contributed by atoms with Gasteiger partial charge in [-0.3, -0.25) is 9.59 Å². The standard InChI is InChI=1S/C19H17F3N2O3/c1-23-17(25)3-2-12-24-18(26)13-4-8-15(9-5-13)27-16-10-6-14(7-11-16)19(20,21)22/h2-11H,12H2,1H3,(H,23,25)(H,24,26). The van der Waals surface area contributed by atoms with Gasteiger partial charge in [0.25, 0.3) is 5.91 Å². The predicted octanol–water partition coefficient (Wildman–Crippen LogP) is 3.53. The van der Waals surface area contributed by atoms with Crippen molar-refractivity contribution in [1.29, 1.82) is 0 Å². The molecular formula is C19H17F3N2O3. The number of halogens is 3. The van der Waals surface area contributed by atoms with Crippen molar-refractivity contribution in [2.24, 2.45) is 0 Å². The van der Waals surface area contributed by atoms with Crippen molar-refractivity contribution in [1.82, 2.24) is 10.6 Å². The quantitative estimate of drug-likeness (QED) is 0.756. The minimum absolute atomic E-state index is 0.191. The molecule has 0 fully saturated rings. The lowest BCUT2D eigenvalue weighted by molar-refractivity contribution is -0.137. The average Bonchev–Trinajstić information content (AvgIpc) is 2.65. The van der Waals surface area contributed by atoms with E-state index in [2.05, 4.69) is 10.6 Å². The Hall–Kier alpha value is -3.29. The number of likely N-dealkylation sites (N-methyl/N-ethyl adjacent to an activating group) is 1. The van der Waals surface area contributed by atoms with E-state index in [1.165, 1.54) is 55.6 Å². The van der Waals surface area contributed by atoms with Crippen molar-refractivity contribution in [3.8, 4) is 11.5 Å². The Labute approximate surface area is 153 Å². The van der Waals surface area contributed by atoms with Gasteiger partial charge in [0.05, 0.1) is 5.56 Å². The first-order valence-corrected chi connectivity index (χ1v) is 7.91. The molecule has 0 unspecified atom stereocenters. The van der Waals surface area contributed by atoms with Gasteiger partial charge in [0.15, 0.2) is 0 Å². The number of alkyl halides is 3. The van der Waals surface area contributed by atoms with Crippen LogP contribution in [0.4, 0.5) is 13.2 Å². The molecule has 0 aliphatic carbocycles. The second kappa shape index (κ2) is 8.88. The molecule has 2 rings (SSSR count). The number of hydrogen-bond donors (Lipinski definition) is 2. The summed E-state index contributed by atoms with van der Waals surface area (Å²) in [7, 11) is 1.50. The maximum absolute atomic E-state index is 12.5. The highest BCUT2D eigenvalue weighted by Crippen LogP contribution is 2.31. The van der Waals surface area contributed by atoms with E-state index in [0.717, 1.165) is 12.1 Å². The smallest absolute Gasteiger partial charge is 0.416 e. The second-order valence-corrected chi connectivity index (χ2v) is 5.38. The summed E-state index contributed by atoms with van der Waals surface area (Å²) in [6.45, 7) is 0.191. The van der Waals surface area contributed by atoms with Crippen LogP contribution in [0, 0.1) is 0 Å². The molecule has 0 bridgehead atoms. The Morgan fingerprint density at radius 3 is 2.07 bits per heavy atom. The van der Waals surface area contributed by atoms with Crippen molar-refractivity contribution in [3.63, 3.8) is 0 Å². The number of nitrogens with one attached hydrogen (secondary N) is 2. The van der Waals surface area contributed by atoms with Crippen LogP contribution in [0.25, 0.3) is 0 Å². The summed E-state index contributed by atoms with van der Waals surface area (Å²) < 4.78 is 43.1. The van der Waals surface area contributed by atoms with Crippen LogP contribution in [0.15, 0.2) is 60.7 Å². The summed E-state index contributed by atoms with van der Waals surface area (Å²) in [4.78, 5) is 23.0. The monoisotopic (exact) mass is 378 g/mol. The van der Waals surface area contributed by atoms with Gasteiger partial charge in [0.1, 0.15) is 11.5 Å². The Morgan fingerprint density at radius 2 is 1.56 bits per heavy atom. The maximum Gasteiger partial charge on any atom is 0.416 e. The van der Waals surface area contributed by atoms with E-state index in [4.69, 9.17) is 4.74 Å². The number of hydrogen-bond acceptors (Lipinski definition) is 3. The molecule has 0 saturated heterocycles. The first-order valence-electron chi connectivity index (χ1n) is 7.91.